The SMILES string of the molecule is COc1cc(-c2nn3c(CSC(C)C)nnc3s2)cc(OC)c1OC. The lowest BCUT2D eigenvalue weighted by molar-refractivity contribution is 0.324. The van der Waals surface area contributed by atoms with Crippen LogP contribution in [0.5, 0.6) is 17.2 Å². The number of aromatic nitrogens is 4. The largest absolute Gasteiger partial charge is 0.493 e. The molecule has 0 amide bonds. The Morgan fingerprint density at radius 3 is 2.32 bits per heavy atom. The number of hydrogen-bond acceptors (Lipinski definition) is 8. The molecule has 3 aromatic rings. The Labute approximate surface area is 154 Å². The van der Waals surface area contributed by atoms with Crippen LogP contribution in [-0.2, 0) is 5.75 Å². The molecule has 9 heteroatoms. The van der Waals surface area contributed by atoms with E-state index in [1.54, 1.807) is 25.8 Å². The van der Waals surface area contributed by atoms with Crippen LogP contribution in [-0.4, -0.2) is 46.4 Å². The monoisotopic (exact) mass is 380 g/mol. The fourth-order valence-corrected chi connectivity index (χ4v) is 3.82. The maximum Gasteiger partial charge on any atom is 0.235 e. The van der Waals surface area contributed by atoms with Gasteiger partial charge in [0.15, 0.2) is 17.3 Å². The lowest BCUT2D eigenvalue weighted by Gasteiger charge is -2.13. The second-order valence-electron chi connectivity index (χ2n) is 5.49. The first kappa shape index (κ1) is 17.8. The minimum Gasteiger partial charge on any atom is -0.493 e. The second kappa shape index (κ2) is 7.49. The van der Waals surface area contributed by atoms with Crippen molar-refractivity contribution in [3.05, 3.63) is 18.0 Å². The summed E-state index contributed by atoms with van der Waals surface area (Å²) in [6.45, 7) is 4.32. The molecule has 0 saturated heterocycles. The van der Waals surface area contributed by atoms with E-state index >= 15 is 0 Å². The summed E-state index contributed by atoms with van der Waals surface area (Å²) < 4.78 is 18.0. The molecule has 0 radical (unpaired) electrons. The topological polar surface area (TPSA) is 70.8 Å². The van der Waals surface area contributed by atoms with Crippen LogP contribution in [0, 0.1) is 0 Å². The zero-order chi connectivity index (χ0) is 18.0. The molecule has 0 fully saturated rings. The zero-order valence-corrected chi connectivity index (χ0v) is 16.4. The van der Waals surface area contributed by atoms with Gasteiger partial charge < -0.3 is 14.2 Å². The second-order valence-corrected chi connectivity index (χ2v) is 8.01. The molecule has 2 aromatic heterocycles. The van der Waals surface area contributed by atoms with Crippen LogP contribution in [0.3, 0.4) is 0 Å². The van der Waals surface area contributed by atoms with E-state index in [-0.39, 0.29) is 0 Å². The highest BCUT2D eigenvalue weighted by Crippen LogP contribution is 2.41. The molecule has 0 unspecified atom stereocenters. The molecule has 0 saturated carbocycles. The zero-order valence-electron chi connectivity index (χ0n) is 14.8. The van der Waals surface area contributed by atoms with Crippen LogP contribution in [0.25, 0.3) is 15.5 Å². The van der Waals surface area contributed by atoms with Crippen molar-refractivity contribution >= 4 is 28.1 Å². The van der Waals surface area contributed by atoms with Crippen molar-refractivity contribution in [2.24, 2.45) is 0 Å². The van der Waals surface area contributed by atoms with Crippen molar-refractivity contribution in [1.82, 2.24) is 19.8 Å². The highest BCUT2D eigenvalue weighted by atomic mass is 32.2. The Hall–Kier alpha value is -2.00. The summed E-state index contributed by atoms with van der Waals surface area (Å²) in [5.41, 5.74) is 0.882. The summed E-state index contributed by atoms with van der Waals surface area (Å²) in [4.78, 5) is 0.767. The van der Waals surface area contributed by atoms with E-state index in [4.69, 9.17) is 14.2 Å². The molecular formula is C16H20N4O3S2. The Morgan fingerprint density at radius 1 is 1.08 bits per heavy atom. The van der Waals surface area contributed by atoms with Gasteiger partial charge in [0.05, 0.1) is 27.1 Å². The van der Waals surface area contributed by atoms with Crippen molar-refractivity contribution in [2.45, 2.75) is 24.9 Å². The molecule has 0 atom stereocenters. The molecule has 0 aliphatic heterocycles. The number of methoxy groups -OCH3 is 3. The van der Waals surface area contributed by atoms with Gasteiger partial charge in [-0.25, -0.2) is 0 Å². The van der Waals surface area contributed by atoms with Crippen LogP contribution in [0.4, 0.5) is 0 Å². The lowest BCUT2D eigenvalue weighted by atomic mass is 10.2. The van der Waals surface area contributed by atoms with E-state index in [1.165, 1.54) is 11.3 Å². The maximum absolute atomic E-state index is 5.42. The Bertz CT molecular complexity index is 851. The molecule has 2 heterocycles. The third kappa shape index (κ3) is 3.52. The number of nitrogens with zero attached hydrogens (tertiary/aromatic N) is 4. The highest BCUT2D eigenvalue weighted by Gasteiger charge is 2.18. The highest BCUT2D eigenvalue weighted by molar-refractivity contribution is 7.99. The first-order valence-electron chi connectivity index (χ1n) is 7.70. The van der Waals surface area contributed by atoms with Crippen LogP contribution in [0.2, 0.25) is 0 Å². The smallest absolute Gasteiger partial charge is 0.235 e. The number of fused-ring (bicyclic) bond motifs is 1. The summed E-state index contributed by atoms with van der Waals surface area (Å²) in [5, 5.41) is 14.5. The normalized spacial score (nSPS) is 11.3. The standard InChI is InChI=1S/C16H20N4O3S2/c1-9(2)24-8-13-17-18-16-20(13)19-15(25-16)10-6-11(21-3)14(23-5)12(7-10)22-4/h6-7,9H,8H2,1-5H3. The maximum atomic E-state index is 5.42. The molecule has 0 N–H and O–H groups in total. The molecule has 0 aliphatic carbocycles. The summed E-state index contributed by atoms with van der Waals surface area (Å²) in [5.74, 6) is 3.38. The van der Waals surface area contributed by atoms with Crippen molar-refractivity contribution in [1.29, 1.82) is 0 Å². The van der Waals surface area contributed by atoms with Gasteiger partial charge >= 0.3 is 0 Å². The summed E-state index contributed by atoms with van der Waals surface area (Å²) in [7, 11) is 4.78. The van der Waals surface area contributed by atoms with E-state index in [0.717, 1.165) is 27.1 Å². The molecule has 134 valence electrons. The quantitative estimate of drug-likeness (QED) is 0.621. The van der Waals surface area contributed by atoms with E-state index in [0.29, 0.717) is 22.5 Å². The molecule has 0 spiro atoms. The van der Waals surface area contributed by atoms with Crippen molar-refractivity contribution in [2.75, 3.05) is 21.3 Å². The minimum atomic E-state index is 0.528. The van der Waals surface area contributed by atoms with Crippen LogP contribution < -0.4 is 14.2 Å². The van der Waals surface area contributed by atoms with E-state index in [9.17, 15) is 0 Å². The number of thioether (sulfide) groups is 1. The summed E-state index contributed by atoms with van der Waals surface area (Å²) in [6.07, 6.45) is 0. The molecule has 7 nitrogen and oxygen atoms in total. The molecule has 25 heavy (non-hydrogen) atoms. The van der Waals surface area contributed by atoms with Gasteiger partial charge in [0.2, 0.25) is 10.7 Å². The minimum absolute atomic E-state index is 0.528. The average Bonchev–Trinajstić information content (AvgIpc) is 3.19. The Morgan fingerprint density at radius 2 is 1.76 bits per heavy atom. The van der Waals surface area contributed by atoms with Gasteiger partial charge in [0.25, 0.3) is 0 Å². The van der Waals surface area contributed by atoms with Crippen LogP contribution in [0.1, 0.15) is 19.7 Å². The van der Waals surface area contributed by atoms with E-state index in [1.807, 2.05) is 23.9 Å². The number of ether oxygens (including phenoxy) is 3. The van der Waals surface area contributed by atoms with Crippen LogP contribution >= 0.6 is 23.1 Å². The van der Waals surface area contributed by atoms with Gasteiger partial charge in [-0.2, -0.15) is 21.4 Å². The molecular weight excluding hydrogens is 360 g/mol. The molecule has 3 rings (SSSR count). The average molecular weight is 380 g/mol. The molecule has 0 aliphatic rings. The molecule has 0 bridgehead atoms. The van der Waals surface area contributed by atoms with E-state index in [2.05, 4.69) is 29.1 Å². The fourth-order valence-electron chi connectivity index (χ4n) is 2.31. The van der Waals surface area contributed by atoms with Crippen molar-refractivity contribution in [3.63, 3.8) is 0 Å². The van der Waals surface area contributed by atoms with Gasteiger partial charge in [0, 0.05) is 5.56 Å². The van der Waals surface area contributed by atoms with Crippen molar-refractivity contribution < 1.29 is 14.2 Å². The van der Waals surface area contributed by atoms with Gasteiger partial charge in [-0.05, 0) is 17.4 Å². The van der Waals surface area contributed by atoms with Crippen molar-refractivity contribution in [3.8, 4) is 27.8 Å². The van der Waals surface area contributed by atoms with Gasteiger partial charge in [-0.3, -0.25) is 0 Å². The Balaban J connectivity index is 2.01. The summed E-state index contributed by atoms with van der Waals surface area (Å²) in [6, 6.07) is 3.77. The number of hydrogen-bond donors (Lipinski definition) is 0. The first-order chi connectivity index (χ1) is 12.1. The predicted molar refractivity (Wildman–Crippen MR) is 100 cm³/mol. The van der Waals surface area contributed by atoms with Crippen LogP contribution in [0.15, 0.2) is 12.1 Å². The lowest BCUT2D eigenvalue weighted by Crippen LogP contribution is -1.98. The number of rotatable bonds is 7. The molecule has 1 aromatic carbocycles. The van der Waals surface area contributed by atoms with E-state index < -0.39 is 0 Å². The number of benzene rings is 1. The first-order valence-corrected chi connectivity index (χ1v) is 9.57. The third-order valence-electron chi connectivity index (χ3n) is 3.51. The van der Waals surface area contributed by atoms with Gasteiger partial charge in [0.1, 0.15) is 5.01 Å². The summed E-state index contributed by atoms with van der Waals surface area (Å²) >= 11 is 3.29. The fraction of sp³-hybridized carbons (Fsp3) is 0.438. The third-order valence-corrected chi connectivity index (χ3v) is 5.55. The predicted octanol–water partition coefficient (Wildman–Crippen LogP) is 3.52. The van der Waals surface area contributed by atoms with Gasteiger partial charge in [-0.1, -0.05) is 25.2 Å². The Kier molecular flexibility index (Phi) is 5.33. The van der Waals surface area contributed by atoms with Gasteiger partial charge in [-0.15, -0.1) is 10.2 Å².